The molecule has 0 spiro atoms. The number of benzene rings is 1. The normalized spacial score (nSPS) is 13.0. The smallest absolute Gasteiger partial charge is 0.178 e. The largest absolute Gasteiger partial charge is 0.331 e. The van der Waals surface area contributed by atoms with Crippen LogP contribution in [-0.4, -0.2) is 9.55 Å². The topological polar surface area (TPSA) is 20.7 Å². The molecule has 0 amide bonds. The quantitative estimate of drug-likeness (QED) is 0.687. The SMILES string of the molecule is CCCCC(CCC)n1c(=S)[nH]c2cc(C)ccc21. The summed E-state index contributed by atoms with van der Waals surface area (Å²) in [6.07, 6.45) is 6.14. The Morgan fingerprint density at radius 3 is 2.68 bits per heavy atom. The minimum Gasteiger partial charge on any atom is -0.331 e. The van der Waals surface area contributed by atoms with Gasteiger partial charge in [0.15, 0.2) is 4.77 Å². The summed E-state index contributed by atoms with van der Waals surface area (Å²) >= 11 is 5.54. The van der Waals surface area contributed by atoms with Gasteiger partial charge in [-0.05, 0) is 49.7 Å². The summed E-state index contributed by atoms with van der Waals surface area (Å²) in [6.45, 7) is 6.62. The first-order chi connectivity index (χ1) is 9.17. The first-order valence-corrected chi connectivity index (χ1v) is 7.79. The van der Waals surface area contributed by atoms with E-state index in [2.05, 4.69) is 48.5 Å². The van der Waals surface area contributed by atoms with Crippen LogP contribution in [0.1, 0.15) is 57.6 Å². The fourth-order valence-corrected chi connectivity index (χ4v) is 3.14. The van der Waals surface area contributed by atoms with Crippen LogP contribution in [0.3, 0.4) is 0 Å². The summed E-state index contributed by atoms with van der Waals surface area (Å²) in [5, 5.41) is 0. The summed E-state index contributed by atoms with van der Waals surface area (Å²) in [7, 11) is 0. The maximum atomic E-state index is 5.54. The number of aryl methyl sites for hydroxylation is 1. The van der Waals surface area contributed by atoms with Gasteiger partial charge in [-0.25, -0.2) is 0 Å². The van der Waals surface area contributed by atoms with E-state index in [-0.39, 0.29) is 0 Å². The molecule has 19 heavy (non-hydrogen) atoms. The molecule has 2 nitrogen and oxygen atoms in total. The number of H-pyrrole nitrogens is 1. The molecule has 0 saturated heterocycles. The van der Waals surface area contributed by atoms with Crippen molar-refractivity contribution in [2.75, 3.05) is 0 Å². The van der Waals surface area contributed by atoms with Crippen LogP contribution in [0, 0.1) is 11.7 Å². The van der Waals surface area contributed by atoms with Gasteiger partial charge in [0.05, 0.1) is 11.0 Å². The predicted octanol–water partition coefficient (Wildman–Crippen LogP) is 5.54. The third kappa shape index (κ3) is 3.08. The van der Waals surface area contributed by atoms with Crippen LogP contribution in [0.25, 0.3) is 11.0 Å². The fourth-order valence-electron chi connectivity index (χ4n) is 2.78. The lowest BCUT2D eigenvalue weighted by molar-refractivity contribution is 0.422. The number of fused-ring (bicyclic) bond motifs is 1. The lowest BCUT2D eigenvalue weighted by atomic mass is 10.0. The van der Waals surface area contributed by atoms with Crippen LogP contribution in [0.5, 0.6) is 0 Å². The van der Waals surface area contributed by atoms with Gasteiger partial charge in [0.2, 0.25) is 0 Å². The van der Waals surface area contributed by atoms with E-state index in [0.29, 0.717) is 6.04 Å². The molecule has 1 heterocycles. The van der Waals surface area contributed by atoms with Gasteiger partial charge in [0.1, 0.15) is 0 Å². The molecule has 1 atom stereocenters. The Hall–Kier alpha value is -1.09. The number of unbranched alkanes of at least 4 members (excludes halogenated alkanes) is 1. The number of hydrogen-bond acceptors (Lipinski definition) is 1. The first kappa shape index (κ1) is 14.3. The second-order valence-corrected chi connectivity index (χ2v) is 5.79. The minimum atomic E-state index is 0.536. The summed E-state index contributed by atoms with van der Waals surface area (Å²) in [6, 6.07) is 7.09. The molecule has 0 aliphatic heterocycles. The zero-order chi connectivity index (χ0) is 13.8. The second kappa shape index (κ2) is 6.38. The highest BCUT2D eigenvalue weighted by Gasteiger charge is 2.14. The molecule has 0 aliphatic rings. The van der Waals surface area contributed by atoms with Crippen LogP contribution in [0.15, 0.2) is 18.2 Å². The Morgan fingerprint density at radius 1 is 1.21 bits per heavy atom. The van der Waals surface area contributed by atoms with Crippen molar-refractivity contribution in [3.05, 3.63) is 28.5 Å². The van der Waals surface area contributed by atoms with Crippen LogP contribution >= 0.6 is 12.2 Å². The van der Waals surface area contributed by atoms with Gasteiger partial charge in [0, 0.05) is 6.04 Å². The maximum absolute atomic E-state index is 5.54. The average molecular weight is 276 g/mol. The molecule has 2 rings (SSSR count). The van der Waals surface area contributed by atoms with Crippen LogP contribution in [0.2, 0.25) is 0 Å². The van der Waals surface area contributed by atoms with Crippen molar-refractivity contribution in [2.24, 2.45) is 0 Å². The molecule has 1 unspecified atom stereocenters. The van der Waals surface area contributed by atoms with Crippen molar-refractivity contribution in [1.29, 1.82) is 0 Å². The lowest BCUT2D eigenvalue weighted by Gasteiger charge is -2.18. The predicted molar refractivity (Wildman–Crippen MR) is 85.3 cm³/mol. The van der Waals surface area contributed by atoms with E-state index < -0.39 is 0 Å². The van der Waals surface area contributed by atoms with Gasteiger partial charge in [-0.1, -0.05) is 39.2 Å². The van der Waals surface area contributed by atoms with Gasteiger partial charge >= 0.3 is 0 Å². The monoisotopic (exact) mass is 276 g/mol. The lowest BCUT2D eigenvalue weighted by Crippen LogP contribution is -2.09. The van der Waals surface area contributed by atoms with Gasteiger partial charge in [-0.15, -0.1) is 0 Å². The molecule has 3 heteroatoms. The van der Waals surface area contributed by atoms with E-state index in [1.165, 1.54) is 48.7 Å². The molecule has 2 aromatic rings. The molecule has 0 aliphatic carbocycles. The van der Waals surface area contributed by atoms with Crippen molar-refractivity contribution in [3.63, 3.8) is 0 Å². The van der Waals surface area contributed by atoms with Gasteiger partial charge in [-0.3, -0.25) is 0 Å². The Kier molecular flexibility index (Phi) is 4.81. The molecule has 0 radical (unpaired) electrons. The molecular formula is C16H24N2S. The number of hydrogen-bond donors (Lipinski definition) is 1. The zero-order valence-corrected chi connectivity index (χ0v) is 13.0. The Labute approximate surface area is 120 Å². The molecule has 1 aromatic carbocycles. The number of aromatic amines is 1. The molecule has 1 N–H and O–H groups in total. The van der Waals surface area contributed by atoms with Gasteiger partial charge in [-0.2, -0.15) is 0 Å². The van der Waals surface area contributed by atoms with Crippen molar-refractivity contribution in [3.8, 4) is 0 Å². The molecule has 104 valence electrons. The molecule has 0 fully saturated rings. The van der Waals surface area contributed by atoms with E-state index in [1.807, 2.05) is 0 Å². The first-order valence-electron chi connectivity index (χ1n) is 7.38. The van der Waals surface area contributed by atoms with Crippen LogP contribution in [0.4, 0.5) is 0 Å². The highest BCUT2D eigenvalue weighted by Crippen LogP contribution is 2.27. The van der Waals surface area contributed by atoms with E-state index in [0.717, 1.165) is 4.77 Å². The van der Waals surface area contributed by atoms with Crippen molar-refractivity contribution < 1.29 is 0 Å². The van der Waals surface area contributed by atoms with Crippen LogP contribution < -0.4 is 0 Å². The van der Waals surface area contributed by atoms with E-state index in [9.17, 15) is 0 Å². The molecule has 0 bridgehead atoms. The Morgan fingerprint density at radius 2 is 2.00 bits per heavy atom. The Balaban J connectivity index is 2.46. The third-order valence-corrected chi connectivity index (χ3v) is 4.05. The highest BCUT2D eigenvalue weighted by molar-refractivity contribution is 7.71. The fraction of sp³-hybridized carbons (Fsp3) is 0.562. The van der Waals surface area contributed by atoms with Crippen molar-refractivity contribution in [2.45, 2.75) is 58.9 Å². The summed E-state index contributed by atoms with van der Waals surface area (Å²) in [4.78, 5) is 3.36. The summed E-state index contributed by atoms with van der Waals surface area (Å²) in [5.41, 5.74) is 3.70. The second-order valence-electron chi connectivity index (χ2n) is 5.41. The van der Waals surface area contributed by atoms with Crippen molar-refractivity contribution >= 4 is 23.3 Å². The van der Waals surface area contributed by atoms with Crippen LogP contribution in [-0.2, 0) is 0 Å². The van der Waals surface area contributed by atoms with E-state index in [1.54, 1.807) is 0 Å². The number of imidazole rings is 1. The molecular weight excluding hydrogens is 252 g/mol. The molecule has 0 saturated carbocycles. The third-order valence-electron chi connectivity index (χ3n) is 3.75. The standard InChI is InChI=1S/C16H24N2S/c1-4-6-8-13(7-5-2)18-15-10-9-12(3)11-14(15)17-16(18)19/h9-11,13H,4-8H2,1-3H3,(H,17,19). The maximum Gasteiger partial charge on any atom is 0.178 e. The van der Waals surface area contributed by atoms with Gasteiger partial charge < -0.3 is 9.55 Å². The van der Waals surface area contributed by atoms with Gasteiger partial charge in [0.25, 0.3) is 0 Å². The number of rotatable bonds is 6. The number of nitrogens with zero attached hydrogens (tertiary/aromatic N) is 1. The summed E-state index contributed by atoms with van der Waals surface area (Å²) in [5.74, 6) is 0. The Bertz CT molecular complexity index is 594. The van der Waals surface area contributed by atoms with E-state index >= 15 is 0 Å². The molecule has 1 aromatic heterocycles. The van der Waals surface area contributed by atoms with E-state index in [4.69, 9.17) is 12.2 Å². The zero-order valence-electron chi connectivity index (χ0n) is 12.2. The average Bonchev–Trinajstić information content (AvgIpc) is 2.69. The minimum absolute atomic E-state index is 0.536. The summed E-state index contributed by atoms with van der Waals surface area (Å²) < 4.78 is 3.21. The highest BCUT2D eigenvalue weighted by atomic mass is 32.1. The van der Waals surface area contributed by atoms with Crippen molar-refractivity contribution in [1.82, 2.24) is 9.55 Å². The number of nitrogens with one attached hydrogen (secondary N) is 1. The number of aromatic nitrogens is 2.